The predicted molar refractivity (Wildman–Crippen MR) is 66.0 cm³/mol. The van der Waals surface area contributed by atoms with Gasteiger partial charge in [0.25, 0.3) is 5.56 Å². The van der Waals surface area contributed by atoms with Crippen LogP contribution in [0.2, 0.25) is 0 Å². The summed E-state index contributed by atoms with van der Waals surface area (Å²) in [7, 11) is 0. The van der Waals surface area contributed by atoms with Gasteiger partial charge in [-0.2, -0.15) is 13.2 Å². The molecule has 2 heterocycles. The fourth-order valence-electron chi connectivity index (χ4n) is 1.78. The molecule has 0 radical (unpaired) electrons. The zero-order chi connectivity index (χ0) is 15.6. The van der Waals surface area contributed by atoms with Gasteiger partial charge in [-0.3, -0.25) is 9.36 Å². The second-order valence-corrected chi connectivity index (χ2v) is 4.15. The third-order valence-electron chi connectivity index (χ3n) is 2.69. The molecule has 0 bridgehead atoms. The van der Waals surface area contributed by atoms with Gasteiger partial charge in [-0.15, -0.1) is 0 Å². The van der Waals surface area contributed by atoms with Gasteiger partial charge >= 0.3 is 12.1 Å². The number of carbonyl (C=O) groups is 1. The first-order chi connectivity index (χ1) is 9.79. The number of alkyl halides is 3. The molecule has 2 aromatic rings. The van der Waals surface area contributed by atoms with E-state index in [2.05, 4.69) is 4.98 Å². The summed E-state index contributed by atoms with van der Waals surface area (Å²) in [4.78, 5) is 26.1. The molecule has 21 heavy (non-hydrogen) atoms. The van der Waals surface area contributed by atoms with E-state index in [0.717, 1.165) is 18.2 Å². The van der Waals surface area contributed by atoms with Crippen LogP contribution < -0.4 is 5.56 Å². The topological polar surface area (TPSA) is 72.2 Å². The van der Waals surface area contributed by atoms with Crippen LogP contribution in [0, 0.1) is 0 Å². The quantitative estimate of drug-likeness (QED) is 0.941. The number of halogens is 3. The maximum atomic E-state index is 12.9. The molecule has 0 unspecified atom stereocenters. The molecule has 110 valence electrons. The minimum absolute atomic E-state index is 0.0497. The fraction of sp³-hybridized carbons (Fsp3) is 0.154. The Labute approximate surface area is 116 Å². The van der Waals surface area contributed by atoms with Crippen molar-refractivity contribution in [1.82, 2.24) is 9.55 Å². The van der Waals surface area contributed by atoms with Gasteiger partial charge in [-0.1, -0.05) is 12.1 Å². The van der Waals surface area contributed by atoms with E-state index in [0.29, 0.717) is 4.57 Å². The molecular formula is C13H9F3N2O3. The van der Waals surface area contributed by atoms with Crippen molar-refractivity contribution in [2.24, 2.45) is 0 Å². The van der Waals surface area contributed by atoms with E-state index in [9.17, 15) is 22.8 Å². The van der Waals surface area contributed by atoms with E-state index in [1.165, 1.54) is 18.2 Å². The zero-order valence-corrected chi connectivity index (χ0v) is 10.5. The van der Waals surface area contributed by atoms with Crippen molar-refractivity contribution in [3.05, 3.63) is 63.8 Å². The molecule has 2 rings (SSSR count). The second kappa shape index (κ2) is 5.39. The molecule has 0 aromatic carbocycles. The lowest BCUT2D eigenvalue weighted by atomic mass is 10.2. The van der Waals surface area contributed by atoms with Crippen molar-refractivity contribution in [2.45, 2.75) is 12.7 Å². The molecule has 0 aliphatic heterocycles. The van der Waals surface area contributed by atoms with Gasteiger partial charge in [0, 0.05) is 6.07 Å². The van der Waals surface area contributed by atoms with Crippen LogP contribution in [-0.2, 0) is 12.7 Å². The van der Waals surface area contributed by atoms with Gasteiger partial charge in [0.15, 0.2) is 0 Å². The first kappa shape index (κ1) is 14.8. The van der Waals surface area contributed by atoms with E-state index >= 15 is 0 Å². The summed E-state index contributed by atoms with van der Waals surface area (Å²) in [5.74, 6) is -1.30. The molecule has 0 aliphatic carbocycles. The van der Waals surface area contributed by atoms with Crippen LogP contribution >= 0.6 is 0 Å². The number of nitrogens with zero attached hydrogens (tertiary/aromatic N) is 2. The highest BCUT2D eigenvalue weighted by atomic mass is 19.4. The summed E-state index contributed by atoms with van der Waals surface area (Å²) < 4.78 is 39.1. The zero-order valence-electron chi connectivity index (χ0n) is 10.5. The molecule has 0 atom stereocenters. The Kier molecular flexibility index (Phi) is 3.79. The second-order valence-electron chi connectivity index (χ2n) is 4.15. The van der Waals surface area contributed by atoms with Crippen molar-refractivity contribution in [1.29, 1.82) is 0 Å². The maximum Gasteiger partial charge on any atom is 0.431 e. The third-order valence-corrected chi connectivity index (χ3v) is 2.69. The monoisotopic (exact) mass is 298 g/mol. The van der Waals surface area contributed by atoms with Gasteiger partial charge in [0.1, 0.15) is 11.4 Å². The first-order valence-corrected chi connectivity index (χ1v) is 5.75. The van der Waals surface area contributed by atoms with Gasteiger partial charge in [0.2, 0.25) is 0 Å². The summed E-state index contributed by atoms with van der Waals surface area (Å²) >= 11 is 0. The van der Waals surface area contributed by atoms with Crippen LogP contribution in [0.1, 0.15) is 21.9 Å². The number of rotatable bonds is 3. The minimum Gasteiger partial charge on any atom is -0.477 e. The molecule has 1 N–H and O–H groups in total. The lowest BCUT2D eigenvalue weighted by Crippen LogP contribution is -2.28. The highest BCUT2D eigenvalue weighted by Gasteiger charge is 2.34. The number of aromatic nitrogens is 2. The highest BCUT2D eigenvalue weighted by Crippen LogP contribution is 2.28. The Hall–Kier alpha value is -2.64. The standard InChI is InChI=1S/C13H9F3N2O3/c14-13(15,16)10-5-2-6-11(19)18(10)7-8-3-1-4-9(17-8)12(20)21/h1-6H,7H2,(H,20,21). The van der Waals surface area contributed by atoms with Crippen molar-refractivity contribution < 1.29 is 23.1 Å². The normalized spacial score (nSPS) is 11.4. The number of aromatic carboxylic acids is 1. The average molecular weight is 298 g/mol. The number of carboxylic acid groups (broad SMARTS) is 1. The van der Waals surface area contributed by atoms with Gasteiger partial charge < -0.3 is 5.11 Å². The van der Waals surface area contributed by atoms with E-state index < -0.39 is 29.9 Å². The van der Waals surface area contributed by atoms with Crippen LogP contribution in [0.15, 0.2) is 41.2 Å². The Bertz CT molecular complexity index is 738. The molecule has 0 spiro atoms. The Morgan fingerprint density at radius 1 is 1.19 bits per heavy atom. The minimum atomic E-state index is -4.69. The molecule has 0 amide bonds. The van der Waals surface area contributed by atoms with Crippen LogP contribution in [-0.4, -0.2) is 20.6 Å². The molecule has 0 saturated carbocycles. The van der Waals surface area contributed by atoms with Gasteiger partial charge in [0.05, 0.1) is 12.2 Å². The number of pyridine rings is 2. The van der Waals surface area contributed by atoms with Gasteiger partial charge in [-0.05, 0) is 18.2 Å². The Morgan fingerprint density at radius 3 is 2.48 bits per heavy atom. The van der Waals surface area contributed by atoms with Crippen molar-refractivity contribution >= 4 is 5.97 Å². The number of hydrogen-bond acceptors (Lipinski definition) is 3. The number of hydrogen-bond donors (Lipinski definition) is 1. The molecule has 0 saturated heterocycles. The number of carboxylic acids is 1. The Morgan fingerprint density at radius 2 is 1.86 bits per heavy atom. The highest BCUT2D eigenvalue weighted by molar-refractivity contribution is 5.85. The van der Waals surface area contributed by atoms with Crippen molar-refractivity contribution in [2.75, 3.05) is 0 Å². The van der Waals surface area contributed by atoms with Crippen LogP contribution in [0.4, 0.5) is 13.2 Å². The lowest BCUT2D eigenvalue weighted by Gasteiger charge is -2.14. The smallest absolute Gasteiger partial charge is 0.431 e. The van der Waals surface area contributed by atoms with Crippen LogP contribution in [0.5, 0.6) is 0 Å². The summed E-state index contributed by atoms with van der Waals surface area (Å²) in [6.07, 6.45) is -4.69. The van der Waals surface area contributed by atoms with E-state index in [1.54, 1.807) is 0 Å². The largest absolute Gasteiger partial charge is 0.477 e. The summed E-state index contributed by atoms with van der Waals surface area (Å²) in [6, 6.07) is 6.71. The fourth-order valence-corrected chi connectivity index (χ4v) is 1.78. The van der Waals surface area contributed by atoms with Crippen molar-refractivity contribution in [3.8, 4) is 0 Å². The average Bonchev–Trinajstić information content (AvgIpc) is 2.40. The van der Waals surface area contributed by atoms with E-state index in [1.807, 2.05) is 0 Å². The molecular weight excluding hydrogens is 289 g/mol. The summed E-state index contributed by atoms with van der Waals surface area (Å²) in [5.41, 5.74) is -2.20. The molecule has 2 aromatic heterocycles. The summed E-state index contributed by atoms with van der Waals surface area (Å²) in [6.45, 7) is -0.463. The van der Waals surface area contributed by atoms with E-state index in [-0.39, 0.29) is 11.4 Å². The van der Waals surface area contributed by atoms with Crippen LogP contribution in [0.3, 0.4) is 0 Å². The van der Waals surface area contributed by atoms with Crippen LogP contribution in [0.25, 0.3) is 0 Å². The Balaban J connectivity index is 2.47. The maximum absolute atomic E-state index is 12.9. The first-order valence-electron chi connectivity index (χ1n) is 5.75. The molecule has 0 aliphatic rings. The molecule has 8 heteroatoms. The molecule has 5 nitrogen and oxygen atoms in total. The van der Waals surface area contributed by atoms with Crippen molar-refractivity contribution in [3.63, 3.8) is 0 Å². The molecule has 0 fully saturated rings. The van der Waals surface area contributed by atoms with Gasteiger partial charge in [-0.25, -0.2) is 9.78 Å². The summed E-state index contributed by atoms with van der Waals surface area (Å²) in [5, 5.41) is 8.80. The SMILES string of the molecule is O=C(O)c1cccc(Cn2c(C(F)(F)F)cccc2=O)n1. The lowest BCUT2D eigenvalue weighted by molar-refractivity contribution is -0.144. The predicted octanol–water partition coefficient (Wildman–Crippen LogP) is 2.01. The van der Waals surface area contributed by atoms with E-state index in [4.69, 9.17) is 5.11 Å². The third kappa shape index (κ3) is 3.28.